The van der Waals surface area contributed by atoms with E-state index in [2.05, 4.69) is 223 Å². The summed E-state index contributed by atoms with van der Waals surface area (Å²) in [4.78, 5) is 2.34. The van der Waals surface area contributed by atoms with Crippen LogP contribution in [0.15, 0.2) is 241 Å². The van der Waals surface area contributed by atoms with Crippen LogP contribution in [0.3, 0.4) is 0 Å². The second kappa shape index (κ2) is 15.5. The molecule has 10 rings (SSSR count). The van der Waals surface area contributed by atoms with Crippen molar-refractivity contribution in [1.29, 1.82) is 0 Å². The van der Waals surface area contributed by atoms with Gasteiger partial charge in [0.2, 0.25) is 0 Å². The van der Waals surface area contributed by atoms with Crippen molar-refractivity contribution in [3.63, 3.8) is 0 Å². The number of furan rings is 1. The second-order valence-electron chi connectivity index (χ2n) is 14.6. The van der Waals surface area contributed by atoms with Crippen LogP contribution in [-0.2, 0) is 0 Å². The van der Waals surface area contributed by atoms with E-state index in [0.29, 0.717) is 0 Å². The zero-order valence-corrected chi connectivity index (χ0v) is 31.9. The first-order chi connectivity index (χ1) is 28.7. The van der Waals surface area contributed by atoms with E-state index in [9.17, 15) is 0 Å². The zero-order valence-electron chi connectivity index (χ0n) is 31.9. The number of fused-ring (bicyclic) bond motifs is 1. The highest BCUT2D eigenvalue weighted by Gasteiger charge is 2.15. The molecular weight excluding hydrogens is 703 g/mol. The van der Waals surface area contributed by atoms with Crippen molar-refractivity contribution in [1.82, 2.24) is 0 Å². The number of benzene rings is 9. The molecule has 0 aliphatic rings. The van der Waals surface area contributed by atoms with Crippen LogP contribution in [-0.4, -0.2) is 0 Å². The number of para-hydroxylation sites is 1. The summed E-state index contributed by atoms with van der Waals surface area (Å²) in [5.41, 5.74) is 17.1. The van der Waals surface area contributed by atoms with Crippen molar-refractivity contribution < 1.29 is 4.42 Å². The molecule has 1 aromatic heterocycles. The topological polar surface area (TPSA) is 16.4 Å². The lowest BCUT2D eigenvalue weighted by Gasteiger charge is -2.26. The average molecular weight is 742 g/mol. The third-order valence-corrected chi connectivity index (χ3v) is 10.9. The minimum atomic E-state index is 0.880. The molecule has 0 saturated carbocycles. The minimum absolute atomic E-state index is 0.880. The lowest BCUT2D eigenvalue weighted by atomic mass is 9.94. The van der Waals surface area contributed by atoms with Gasteiger partial charge in [-0.3, -0.25) is 0 Å². The van der Waals surface area contributed by atoms with Crippen molar-refractivity contribution in [2.45, 2.75) is 0 Å². The van der Waals surface area contributed by atoms with Gasteiger partial charge in [0.05, 0.1) is 0 Å². The minimum Gasteiger partial charge on any atom is -0.456 e. The first-order valence-electron chi connectivity index (χ1n) is 19.7. The third-order valence-electron chi connectivity index (χ3n) is 10.9. The van der Waals surface area contributed by atoms with Gasteiger partial charge in [-0.05, 0) is 110 Å². The van der Waals surface area contributed by atoms with Gasteiger partial charge in [0, 0.05) is 28.0 Å². The molecule has 0 saturated heterocycles. The Morgan fingerprint density at radius 2 is 0.638 bits per heavy atom. The van der Waals surface area contributed by atoms with E-state index in [-0.39, 0.29) is 0 Å². The van der Waals surface area contributed by atoms with Gasteiger partial charge in [-0.1, -0.05) is 182 Å². The van der Waals surface area contributed by atoms with E-state index >= 15 is 0 Å². The molecule has 58 heavy (non-hydrogen) atoms. The molecule has 0 fully saturated rings. The Kier molecular flexibility index (Phi) is 9.27. The van der Waals surface area contributed by atoms with Gasteiger partial charge in [-0.25, -0.2) is 0 Å². The predicted octanol–water partition coefficient (Wildman–Crippen LogP) is 15.9. The van der Waals surface area contributed by atoms with E-state index in [1.807, 2.05) is 18.2 Å². The van der Waals surface area contributed by atoms with Crippen LogP contribution in [0.25, 0.3) is 77.9 Å². The summed E-state index contributed by atoms with van der Waals surface area (Å²) in [6.45, 7) is 0. The van der Waals surface area contributed by atoms with Gasteiger partial charge in [-0.2, -0.15) is 0 Å². The summed E-state index contributed by atoms with van der Waals surface area (Å²) >= 11 is 0. The lowest BCUT2D eigenvalue weighted by Crippen LogP contribution is -2.09. The number of anilines is 3. The van der Waals surface area contributed by atoms with Crippen molar-refractivity contribution in [3.8, 4) is 67.0 Å². The first kappa shape index (κ1) is 34.8. The monoisotopic (exact) mass is 741 g/mol. The van der Waals surface area contributed by atoms with Crippen LogP contribution in [0.5, 0.6) is 0 Å². The van der Waals surface area contributed by atoms with Gasteiger partial charge in [0.1, 0.15) is 11.3 Å². The lowest BCUT2D eigenvalue weighted by molar-refractivity contribution is 0.631. The molecule has 0 atom stereocenters. The second-order valence-corrected chi connectivity index (χ2v) is 14.6. The molecule has 0 radical (unpaired) electrons. The van der Waals surface area contributed by atoms with Crippen LogP contribution in [0.4, 0.5) is 17.1 Å². The highest BCUT2D eigenvalue weighted by atomic mass is 16.3. The number of hydrogen-bond donors (Lipinski definition) is 0. The van der Waals surface area contributed by atoms with E-state index in [4.69, 9.17) is 4.42 Å². The molecule has 2 nitrogen and oxygen atoms in total. The summed E-state index contributed by atoms with van der Waals surface area (Å²) in [5.74, 6) is 0.880. The Morgan fingerprint density at radius 3 is 1.19 bits per heavy atom. The summed E-state index contributed by atoms with van der Waals surface area (Å²) in [5, 5.41) is 1.11. The van der Waals surface area contributed by atoms with E-state index in [0.717, 1.165) is 44.9 Å². The maximum Gasteiger partial charge on any atom is 0.135 e. The van der Waals surface area contributed by atoms with Gasteiger partial charge in [-0.15, -0.1) is 0 Å². The Morgan fingerprint density at radius 1 is 0.259 bits per heavy atom. The fourth-order valence-electron chi connectivity index (χ4n) is 7.91. The first-order valence-corrected chi connectivity index (χ1v) is 19.7. The Bertz CT molecular complexity index is 2910. The fourth-order valence-corrected chi connectivity index (χ4v) is 7.91. The summed E-state index contributed by atoms with van der Waals surface area (Å²) in [7, 11) is 0. The van der Waals surface area contributed by atoms with Crippen molar-refractivity contribution in [3.05, 3.63) is 237 Å². The van der Waals surface area contributed by atoms with Gasteiger partial charge in [0.25, 0.3) is 0 Å². The van der Waals surface area contributed by atoms with Crippen molar-refractivity contribution in [2.24, 2.45) is 0 Å². The molecule has 0 spiro atoms. The largest absolute Gasteiger partial charge is 0.456 e. The smallest absolute Gasteiger partial charge is 0.135 e. The number of hydrogen-bond acceptors (Lipinski definition) is 2. The van der Waals surface area contributed by atoms with Crippen LogP contribution in [0, 0.1) is 0 Å². The fraction of sp³-hybridized carbons (Fsp3) is 0. The quantitative estimate of drug-likeness (QED) is 0.146. The Hall–Kier alpha value is -7.68. The molecule has 1 heterocycles. The van der Waals surface area contributed by atoms with E-state index in [1.165, 1.54) is 50.1 Å². The molecule has 0 bridgehead atoms. The molecule has 10 aromatic rings. The van der Waals surface area contributed by atoms with Crippen LogP contribution in [0.1, 0.15) is 0 Å². The van der Waals surface area contributed by atoms with Gasteiger partial charge < -0.3 is 9.32 Å². The molecule has 0 amide bonds. The maximum atomic E-state index is 6.17. The maximum absolute atomic E-state index is 6.17. The molecule has 274 valence electrons. The van der Waals surface area contributed by atoms with Crippen molar-refractivity contribution in [2.75, 3.05) is 4.90 Å². The molecule has 2 heteroatoms. The van der Waals surface area contributed by atoms with E-state index in [1.54, 1.807) is 0 Å². The third kappa shape index (κ3) is 7.00. The molecule has 0 unspecified atom stereocenters. The standard InChI is InChI=1S/C56H39NO/c1-3-12-40(13-4-1)42-26-32-50(33-27-42)57(52-36-30-46(31-37-52)54-20-9-8-19-53(54)45-14-5-2-6-15-45)51-34-28-43(29-35-51)41-22-24-44(25-23-41)47-17-11-18-48(38-47)56-39-49-16-7-10-21-55(49)58-56/h1-39H. The Balaban J connectivity index is 0.950. The molecular formula is C56H39NO. The Labute approximate surface area is 339 Å². The highest BCUT2D eigenvalue weighted by Crippen LogP contribution is 2.39. The van der Waals surface area contributed by atoms with Crippen LogP contribution < -0.4 is 4.90 Å². The highest BCUT2D eigenvalue weighted by molar-refractivity contribution is 5.87. The normalized spacial score (nSPS) is 11.1. The molecule has 0 aliphatic carbocycles. The summed E-state index contributed by atoms with van der Waals surface area (Å²) in [6, 6.07) is 84.2. The zero-order chi connectivity index (χ0) is 38.7. The SMILES string of the molecule is c1ccc(-c2ccc(N(c3ccc(-c4ccc(-c5cccc(-c6cc7ccccc7o6)c5)cc4)cc3)c3ccc(-c4ccccc4-c4ccccc4)cc3)cc2)cc1. The molecule has 9 aromatic carbocycles. The number of nitrogens with zero attached hydrogens (tertiary/aromatic N) is 1. The predicted molar refractivity (Wildman–Crippen MR) is 244 cm³/mol. The van der Waals surface area contributed by atoms with Crippen LogP contribution >= 0.6 is 0 Å². The molecule has 0 N–H and O–H groups in total. The van der Waals surface area contributed by atoms with Gasteiger partial charge in [0.15, 0.2) is 0 Å². The van der Waals surface area contributed by atoms with Crippen molar-refractivity contribution >= 4 is 28.0 Å². The number of rotatable bonds is 9. The summed E-state index contributed by atoms with van der Waals surface area (Å²) < 4.78 is 6.17. The summed E-state index contributed by atoms with van der Waals surface area (Å²) in [6.07, 6.45) is 0. The van der Waals surface area contributed by atoms with Crippen LogP contribution in [0.2, 0.25) is 0 Å². The molecule has 0 aliphatic heterocycles. The van der Waals surface area contributed by atoms with E-state index < -0.39 is 0 Å². The van der Waals surface area contributed by atoms with Gasteiger partial charge >= 0.3 is 0 Å². The average Bonchev–Trinajstić information content (AvgIpc) is 3.76.